The Morgan fingerprint density at radius 1 is 1.45 bits per heavy atom. The number of nitrogens with zero attached hydrogens (tertiary/aromatic N) is 2. The van der Waals surface area contributed by atoms with E-state index in [9.17, 15) is 18.0 Å². The number of aryl methyl sites for hydroxylation is 1. The number of fused-ring (bicyclic) bond motifs is 1. The van der Waals surface area contributed by atoms with E-state index in [2.05, 4.69) is 4.85 Å². The molecule has 0 bridgehead atoms. The van der Waals surface area contributed by atoms with Gasteiger partial charge in [-0.15, -0.1) is 0 Å². The largest absolute Gasteiger partial charge is 0.408 e. The van der Waals surface area contributed by atoms with Gasteiger partial charge in [0.05, 0.1) is 12.1 Å². The van der Waals surface area contributed by atoms with Crippen LogP contribution in [0.4, 0.5) is 18.9 Å². The molecule has 0 atom stereocenters. The Kier molecular flexibility index (Phi) is 3.18. The highest BCUT2D eigenvalue weighted by Crippen LogP contribution is 2.42. The van der Waals surface area contributed by atoms with Crippen molar-refractivity contribution in [1.82, 2.24) is 4.57 Å². The predicted octanol–water partition coefficient (Wildman–Crippen LogP) is 3.00. The van der Waals surface area contributed by atoms with E-state index in [1.54, 1.807) is 6.92 Å². The molecule has 1 aromatic carbocycles. The van der Waals surface area contributed by atoms with Crippen LogP contribution >= 0.6 is 0 Å². The van der Waals surface area contributed by atoms with Crippen LogP contribution in [0.5, 0.6) is 0 Å². The Morgan fingerprint density at radius 2 is 2.10 bits per heavy atom. The number of halogens is 3. The number of alkyl halides is 3. The Labute approximate surface area is 112 Å². The van der Waals surface area contributed by atoms with Crippen molar-refractivity contribution in [2.75, 3.05) is 0 Å². The number of amides is 1. The van der Waals surface area contributed by atoms with Crippen LogP contribution in [0, 0.1) is 13.5 Å². The maximum absolute atomic E-state index is 13.1. The molecule has 2 rings (SSSR count). The van der Waals surface area contributed by atoms with Gasteiger partial charge in [0.2, 0.25) is 5.91 Å². The molecule has 2 N–H and O–H groups in total. The van der Waals surface area contributed by atoms with E-state index in [4.69, 9.17) is 12.3 Å². The van der Waals surface area contributed by atoms with E-state index in [1.165, 1.54) is 16.7 Å². The quantitative estimate of drug-likeness (QED) is 0.845. The first kappa shape index (κ1) is 13.9. The normalized spacial score (nSPS) is 11.6. The topological polar surface area (TPSA) is 52.4 Å². The van der Waals surface area contributed by atoms with Crippen molar-refractivity contribution in [3.05, 3.63) is 40.9 Å². The average molecular weight is 281 g/mol. The fraction of sp³-hybridized carbons (Fsp3) is 0.231. The van der Waals surface area contributed by atoms with Gasteiger partial charge in [0.25, 0.3) is 0 Å². The van der Waals surface area contributed by atoms with E-state index >= 15 is 0 Å². The minimum Gasteiger partial charge on any atom is -0.368 e. The van der Waals surface area contributed by atoms with E-state index in [-0.39, 0.29) is 17.4 Å². The number of hydrogen-bond donors (Lipinski definition) is 1. The summed E-state index contributed by atoms with van der Waals surface area (Å²) in [4.78, 5) is 13.9. The molecule has 1 amide bonds. The van der Waals surface area contributed by atoms with Crippen LogP contribution in [-0.2, 0) is 17.5 Å². The van der Waals surface area contributed by atoms with Crippen molar-refractivity contribution in [3.63, 3.8) is 0 Å². The van der Waals surface area contributed by atoms with E-state index in [0.29, 0.717) is 5.69 Å². The standard InChI is InChI=1S/C13H10F3N3O/c1-7-5-8-10(19(7)6-11(17)20)4-3-9(18-2)12(8)13(14,15)16/h3-5H,6H2,1H3,(H2,17,20). The summed E-state index contributed by atoms with van der Waals surface area (Å²) in [5.74, 6) is -0.645. The highest BCUT2D eigenvalue weighted by atomic mass is 19.4. The van der Waals surface area contributed by atoms with Gasteiger partial charge in [0, 0.05) is 16.6 Å². The molecule has 4 nitrogen and oxygen atoms in total. The predicted molar refractivity (Wildman–Crippen MR) is 67.1 cm³/mol. The van der Waals surface area contributed by atoms with Crippen LogP contribution in [0.25, 0.3) is 15.7 Å². The third-order valence-electron chi connectivity index (χ3n) is 2.99. The van der Waals surface area contributed by atoms with Gasteiger partial charge >= 0.3 is 6.18 Å². The van der Waals surface area contributed by atoms with Crippen LogP contribution in [0.15, 0.2) is 18.2 Å². The average Bonchev–Trinajstić information content (AvgIpc) is 2.62. The summed E-state index contributed by atoms with van der Waals surface area (Å²) in [6.07, 6.45) is -4.63. The van der Waals surface area contributed by atoms with Gasteiger partial charge < -0.3 is 10.3 Å². The highest BCUT2D eigenvalue weighted by molar-refractivity contribution is 5.91. The summed E-state index contributed by atoms with van der Waals surface area (Å²) in [5.41, 5.74) is 4.38. The van der Waals surface area contributed by atoms with Gasteiger partial charge in [0.1, 0.15) is 6.54 Å². The molecular weight excluding hydrogens is 271 g/mol. The lowest BCUT2D eigenvalue weighted by molar-refractivity contribution is -0.135. The zero-order chi connectivity index (χ0) is 15.1. The van der Waals surface area contributed by atoms with Crippen molar-refractivity contribution in [2.45, 2.75) is 19.6 Å². The Morgan fingerprint density at radius 3 is 2.60 bits per heavy atom. The van der Waals surface area contributed by atoms with Gasteiger partial charge in [-0.3, -0.25) is 4.79 Å². The van der Waals surface area contributed by atoms with Crippen LogP contribution in [-0.4, -0.2) is 10.5 Å². The minimum atomic E-state index is -4.63. The number of nitrogens with two attached hydrogens (primary N) is 1. The number of benzene rings is 1. The van der Waals surface area contributed by atoms with E-state index in [0.717, 1.165) is 6.07 Å². The summed E-state index contributed by atoms with van der Waals surface area (Å²) in [7, 11) is 0. The lowest BCUT2D eigenvalue weighted by Gasteiger charge is -2.11. The lowest BCUT2D eigenvalue weighted by atomic mass is 10.1. The summed E-state index contributed by atoms with van der Waals surface area (Å²) in [6, 6.07) is 3.82. The van der Waals surface area contributed by atoms with E-state index in [1.807, 2.05) is 0 Å². The van der Waals surface area contributed by atoms with Crippen LogP contribution in [0.2, 0.25) is 0 Å². The monoisotopic (exact) mass is 281 g/mol. The number of carbonyl (C=O) groups excluding carboxylic acids is 1. The first-order chi connectivity index (χ1) is 9.25. The van der Waals surface area contributed by atoms with Gasteiger partial charge in [-0.25, -0.2) is 4.85 Å². The number of aromatic nitrogens is 1. The third-order valence-corrected chi connectivity index (χ3v) is 2.99. The maximum atomic E-state index is 13.1. The van der Waals surface area contributed by atoms with Gasteiger partial charge in [-0.05, 0) is 19.1 Å². The molecule has 0 fully saturated rings. The van der Waals surface area contributed by atoms with Crippen molar-refractivity contribution in [1.29, 1.82) is 0 Å². The molecular formula is C13H10F3N3O. The van der Waals surface area contributed by atoms with E-state index < -0.39 is 23.3 Å². The van der Waals surface area contributed by atoms with Gasteiger partial charge in [-0.2, -0.15) is 13.2 Å². The van der Waals surface area contributed by atoms with Crippen molar-refractivity contribution < 1.29 is 18.0 Å². The van der Waals surface area contributed by atoms with Gasteiger partial charge in [0.15, 0.2) is 5.69 Å². The molecule has 0 radical (unpaired) electrons. The lowest BCUT2D eigenvalue weighted by Crippen LogP contribution is -2.19. The molecule has 1 aromatic heterocycles. The molecule has 0 aliphatic carbocycles. The van der Waals surface area contributed by atoms with Gasteiger partial charge in [-0.1, -0.05) is 6.07 Å². The van der Waals surface area contributed by atoms with Crippen LogP contribution in [0.3, 0.4) is 0 Å². The molecule has 2 aromatic rings. The Bertz CT molecular complexity index is 738. The number of rotatable bonds is 2. The third kappa shape index (κ3) is 2.20. The molecule has 1 heterocycles. The molecule has 0 spiro atoms. The van der Waals surface area contributed by atoms with Crippen LogP contribution < -0.4 is 5.73 Å². The van der Waals surface area contributed by atoms with Crippen molar-refractivity contribution in [3.8, 4) is 0 Å². The maximum Gasteiger partial charge on any atom is 0.408 e. The summed E-state index contributed by atoms with van der Waals surface area (Å²) >= 11 is 0. The van der Waals surface area contributed by atoms with Crippen molar-refractivity contribution >= 4 is 22.5 Å². The Hall–Kier alpha value is -2.49. The summed E-state index contributed by atoms with van der Waals surface area (Å²) < 4.78 is 40.8. The fourth-order valence-corrected chi connectivity index (χ4v) is 2.21. The van der Waals surface area contributed by atoms with Crippen molar-refractivity contribution in [2.24, 2.45) is 5.73 Å². The molecule has 7 heteroatoms. The molecule has 0 aliphatic heterocycles. The number of hydrogen-bond acceptors (Lipinski definition) is 1. The Balaban J connectivity index is 2.84. The minimum absolute atomic E-state index is 0.0928. The molecule has 104 valence electrons. The molecule has 0 saturated carbocycles. The molecule has 0 unspecified atom stereocenters. The van der Waals surface area contributed by atoms with Crippen LogP contribution in [0.1, 0.15) is 11.3 Å². The summed E-state index contributed by atoms with van der Waals surface area (Å²) in [5, 5.41) is -0.0928. The zero-order valence-corrected chi connectivity index (χ0v) is 10.5. The second-order valence-electron chi connectivity index (χ2n) is 4.34. The second-order valence-corrected chi connectivity index (χ2v) is 4.34. The molecule has 20 heavy (non-hydrogen) atoms. The number of carbonyl (C=O) groups is 1. The second kappa shape index (κ2) is 4.56. The molecule has 0 saturated heterocycles. The SMILES string of the molecule is [C-]#[N+]c1ccc2c(cc(C)n2CC(N)=O)c1C(F)(F)F. The number of primary amides is 1. The highest BCUT2D eigenvalue weighted by Gasteiger charge is 2.36. The smallest absolute Gasteiger partial charge is 0.368 e. The first-order valence-corrected chi connectivity index (χ1v) is 5.61. The first-order valence-electron chi connectivity index (χ1n) is 5.61. The molecule has 0 aliphatic rings. The fourth-order valence-electron chi connectivity index (χ4n) is 2.21. The zero-order valence-electron chi connectivity index (χ0n) is 10.5. The summed E-state index contributed by atoms with van der Waals surface area (Å²) in [6.45, 7) is 8.24.